The van der Waals surface area contributed by atoms with E-state index in [9.17, 15) is 4.79 Å². The van der Waals surface area contributed by atoms with Crippen molar-refractivity contribution in [2.24, 2.45) is 0 Å². The van der Waals surface area contributed by atoms with Gasteiger partial charge in [-0.2, -0.15) is 0 Å². The quantitative estimate of drug-likeness (QED) is 0.602. The minimum absolute atomic E-state index is 0.247. The first-order valence-corrected chi connectivity index (χ1v) is 11.6. The van der Waals surface area contributed by atoms with E-state index in [1.807, 2.05) is 12.1 Å². The maximum absolute atomic E-state index is 13.1. The molecule has 2 fully saturated rings. The highest BCUT2D eigenvalue weighted by molar-refractivity contribution is 5.79. The summed E-state index contributed by atoms with van der Waals surface area (Å²) < 4.78 is 10.8. The van der Waals surface area contributed by atoms with E-state index in [-0.39, 0.29) is 5.91 Å². The number of nitrogens with zero attached hydrogens (tertiary/aromatic N) is 3. The van der Waals surface area contributed by atoms with E-state index >= 15 is 0 Å². The van der Waals surface area contributed by atoms with Gasteiger partial charge in [-0.1, -0.05) is 29.8 Å². The molecule has 32 heavy (non-hydrogen) atoms. The molecule has 2 aliphatic rings. The lowest BCUT2D eigenvalue weighted by Crippen LogP contribution is -2.50. The zero-order valence-corrected chi connectivity index (χ0v) is 19.5. The number of hydrogen-bond acceptors (Lipinski definition) is 5. The molecule has 2 aromatic carbocycles. The van der Waals surface area contributed by atoms with Gasteiger partial charge in [-0.05, 0) is 43.5 Å². The van der Waals surface area contributed by atoms with E-state index in [0.29, 0.717) is 19.1 Å². The van der Waals surface area contributed by atoms with Crippen molar-refractivity contribution in [3.05, 3.63) is 59.2 Å². The number of ether oxygens (including phenoxy) is 2. The van der Waals surface area contributed by atoms with Gasteiger partial charge in [-0.3, -0.25) is 14.6 Å². The zero-order chi connectivity index (χ0) is 22.5. The third-order valence-electron chi connectivity index (χ3n) is 6.47. The third-order valence-corrected chi connectivity index (χ3v) is 6.47. The molecule has 0 atom stereocenters. The summed E-state index contributed by atoms with van der Waals surface area (Å²) in [7, 11) is 3.40. The van der Waals surface area contributed by atoms with Gasteiger partial charge in [0.2, 0.25) is 5.91 Å². The second kappa shape index (κ2) is 10.4. The van der Waals surface area contributed by atoms with Crippen LogP contribution in [-0.2, 0) is 17.9 Å². The molecule has 1 heterocycles. The number of amides is 1. The van der Waals surface area contributed by atoms with Crippen molar-refractivity contribution in [1.29, 1.82) is 0 Å². The van der Waals surface area contributed by atoms with E-state index < -0.39 is 0 Å². The number of methoxy groups -OCH3 is 2. The lowest BCUT2D eigenvalue weighted by molar-refractivity contribution is -0.134. The number of benzene rings is 2. The average molecular weight is 438 g/mol. The Morgan fingerprint density at radius 1 is 0.969 bits per heavy atom. The van der Waals surface area contributed by atoms with Crippen LogP contribution in [0.5, 0.6) is 11.5 Å². The minimum Gasteiger partial charge on any atom is -0.497 e. The van der Waals surface area contributed by atoms with Crippen LogP contribution in [0.4, 0.5) is 0 Å². The highest BCUT2D eigenvalue weighted by Gasteiger charge is 2.33. The fraction of sp³-hybridized carbons (Fsp3) is 0.500. The van der Waals surface area contributed by atoms with E-state index in [2.05, 4.69) is 52.0 Å². The van der Waals surface area contributed by atoms with Crippen molar-refractivity contribution < 1.29 is 14.3 Å². The summed E-state index contributed by atoms with van der Waals surface area (Å²) in [5, 5.41) is 0. The van der Waals surface area contributed by atoms with E-state index in [4.69, 9.17) is 9.47 Å². The van der Waals surface area contributed by atoms with Gasteiger partial charge in [0, 0.05) is 50.9 Å². The summed E-state index contributed by atoms with van der Waals surface area (Å²) >= 11 is 0. The van der Waals surface area contributed by atoms with Crippen LogP contribution in [0, 0.1) is 6.92 Å². The second-order valence-corrected chi connectivity index (χ2v) is 8.97. The van der Waals surface area contributed by atoms with E-state index in [0.717, 1.165) is 62.6 Å². The normalized spacial score (nSPS) is 17.2. The number of hydrogen-bond donors (Lipinski definition) is 0. The number of carbonyl (C=O) groups excluding carboxylic acids is 1. The van der Waals surface area contributed by atoms with Crippen molar-refractivity contribution in [1.82, 2.24) is 14.7 Å². The molecule has 1 aliphatic carbocycles. The van der Waals surface area contributed by atoms with Crippen LogP contribution in [-0.4, -0.2) is 73.6 Å². The lowest BCUT2D eigenvalue weighted by atomic mass is 10.1. The second-order valence-electron chi connectivity index (χ2n) is 8.97. The standard InChI is InChI=1S/C26H35N3O3/c1-20-4-11-25(32-3)22(16-20)18-27-12-14-28(15-13-27)19-26(30)29(23-7-8-23)17-21-5-9-24(31-2)10-6-21/h4-6,9-11,16,23H,7-8,12-15,17-19H2,1-3H3. The first-order chi connectivity index (χ1) is 15.6. The molecule has 172 valence electrons. The topological polar surface area (TPSA) is 45.2 Å². The molecule has 4 rings (SSSR count). The van der Waals surface area contributed by atoms with Crippen LogP contribution in [0.1, 0.15) is 29.5 Å². The summed E-state index contributed by atoms with van der Waals surface area (Å²) in [4.78, 5) is 20.0. The molecule has 0 bridgehead atoms. The fourth-order valence-electron chi connectivity index (χ4n) is 4.39. The molecule has 0 spiro atoms. The van der Waals surface area contributed by atoms with Crippen molar-refractivity contribution in [3.63, 3.8) is 0 Å². The van der Waals surface area contributed by atoms with Crippen LogP contribution in [0.3, 0.4) is 0 Å². The molecule has 0 aromatic heterocycles. The van der Waals surface area contributed by atoms with Crippen molar-refractivity contribution in [2.45, 2.75) is 38.9 Å². The third kappa shape index (κ3) is 5.81. The van der Waals surface area contributed by atoms with Gasteiger partial charge in [0.05, 0.1) is 20.8 Å². The van der Waals surface area contributed by atoms with Crippen LogP contribution < -0.4 is 9.47 Å². The molecular formula is C26H35N3O3. The minimum atomic E-state index is 0.247. The number of carbonyl (C=O) groups is 1. The van der Waals surface area contributed by atoms with Crippen molar-refractivity contribution >= 4 is 5.91 Å². The Morgan fingerprint density at radius 2 is 1.66 bits per heavy atom. The molecule has 0 N–H and O–H groups in total. The van der Waals surface area contributed by atoms with Gasteiger partial charge < -0.3 is 14.4 Å². The number of aryl methyl sites for hydroxylation is 1. The SMILES string of the molecule is COc1ccc(CN(C(=O)CN2CCN(Cc3cc(C)ccc3OC)CC2)C2CC2)cc1. The fourth-order valence-corrected chi connectivity index (χ4v) is 4.39. The summed E-state index contributed by atoms with van der Waals surface area (Å²) in [6.07, 6.45) is 2.24. The molecule has 6 heteroatoms. The number of piperazine rings is 1. The molecule has 1 saturated carbocycles. The number of rotatable bonds is 9. The summed E-state index contributed by atoms with van der Waals surface area (Å²) in [5.74, 6) is 2.04. The van der Waals surface area contributed by atoms with Gasteiger partial charge in [-0.25, -0.2) is 0 Å². The molecule has 0 radical (unpaired) electrons. The predicted octanol–water partition coefficient (Wildman–Crippen LogP) is 3.32. The maximum atomic E-state index is 13.1. The average Bonchev–Trinajstić information content (AvgIpc) is 3.64. The molecule has 1 aliphatic heterocycles. The molecule has 0 unspecified atom stereocenters. The van der Waals surface area contributed by atoms with Gasteiger partial charge >= 0.3 is 0 Å². The first kappa shape index (κ1) is 22.6. The molecular weight excluding hydrogens is 402 g/mol. The van der Waals surface area contributed by atoms with Crippen LogP contribution in [0.25, 0.3) is 0 Å². The Hall–Kier alpha value is -2.57. The summed E-state index contributed by atoms with van der Waals surface area (Å²) in [6.45, 7) is 7.96. The van der Waals surface area contributed by atoms with E-state index in [1.54, 1.807) is 14.2 Å². The molecule has 1 saturated heterocycles. The zero-order valence-electron chi connectivity index (χ0n) is 19.5. The molecule has 6 nitrogen and oxygen atoms in total. The maximum Gasteiger partial charge on any atom is 0.237 e. The Balaban J connectivity index is 1.29. The Kier molecular flexibility index (Phi) is 7.33. The predicted molar refractivity (Wildman–Crippen MR) is 126 cm³/mol. The monoisotopic (exact) mass is 437 g/mol. The molecule has 2 aromatic rings. The first-order valence-electron chi connectivity index (χ1n) is 11.6. The van der Waals surface area contributed by atoms with Gasteiger partial charge in [0.15, 0.2) is 0 Å². The summed E-state index contributed by atoms with van der Waals surface area (Å²) in [5.41, 5.74) is 3.64. The lowest BCUT2D eigenvalue weighted by Gasteiger charge is -2.35. The van der Waals surface area contributed by atoms with E-state index in [1.165, 1.54) is 11.1 Å². The van der Waals surface area contributed by atoms with Gasteiger partial charge in [-0.15, -0.1) is 0 Å². The Morgan fingerprint density at radius 3 is 2.28 bits per heavy atom. The highest BCUT2D eigenvalue weighted by Crippen LogP contribution is 2.29. The van der Waals surface area contributed by atoms with Crippen LogP contribution in [0.15, 0.2) is 42.5 Å². The summed E-state index contributed by atoms with van der Waals surface area (Å²) in [6, 6.07) is 14.8. The van der Waals surface area contributed by atoms with Gasteiger partial charge in [0.25, 0.3) is 0 Å². The van der Waals surface area contributed by atoms with Crippen molar-refractivity contribution in [2.75, 3.05) is 46.9 Å². The van der Waals surface area contributed by atoms with Crippen molar-refractivity contribution in [3.8, 4) is 11.5 Å². The Labute approximate surface area is 191 Å². The van der Waals surface area contributed by atoms with Crippen LogP contribution >= 0.6 is 0 Å². The van der Waals surface area contributed by atoms with Gasteiger partial charge in [0.1, 0.15) is 11.5 Å². The smallest absolute Gasteiger partial charge is 0.237 e. The van der Waals surface area contributed by atoms with Crippen LogP contribution in [0.2, 0.25) is 0 Å². The Bertz CT molecular complexity index is 903. The largest absolute Gasteiger partial charge is 0.497 e. The molecule has 1 amide bonds. The highest BCUT2D eigenvalue weighted by atomic mass is 16.5.